The Bertz CT molecular complexity index is 607. The second-order valence-corrected chi connectivity index (χ2v) is 5.10. The Morgan fingerprint density at radius 3 is 3.19 bits per heavy atom. The average molecular weight is 287 g/mol. The summed E-state index contributed by atoms with van der Waals surface area (Å²) >= 11 is 0. The van der Waals surface area contributed by atoms with Gasteiger partial charge in [0.2, 0.25) is 17.6 Å². The van der Waals surface area contributed by atoms with Gasteiger partial charge < -0.3 is 14.7 Å². The second kappa shape index (κ2) is 6.01. The molecular weight excluding hydrogens is 270 g/mol. The van der Waals surface area contributed by atoms with Crippen molar-refractivity contribution in [2.75, 3.05) is 13.6 Å². The number of amides is 1. The molecule has 7 nitrogen and oxygen atoms in total. The smallest absolute Gasteiger partial charge is 0.246 e. The Labute approximate surface area is 122 Å². The molecule has 0 bridgehead atoms. The minimum absolute atomic E-state index is 0.0635. The van der Waals surface area contributed by atoms with Crippen LogP contribution in [-0.2, 0) is 11.3 Å². The van der Waals surface area contributed by atoms with Gasteiger partial charge in [-0.3, -0.25) is 9.78 Å². The number of carbonyl (C=O) groups excluding carboxylic acids is 1. The number of carbonyl (C=O) groups is 1. The normalized spacial score (nSPS) is 17.9. The van der Waals surface area contributed by atoms with Crippen LogP contribution in [0.2, 0.25) is 0 Å². The molecule has 2 aromatic rings. The van der Waals surface area contributed by atoms with Crippen LogP contribution in [0.25, 0.3) is 11.4 Å². The highest BCUT2D eigenvalue weighted by atomic mass is 16.5. The van der Waals surface area contributed by atoms with E-state index in [0.29, 0.717) is 18.3 Å². The van der Waals surface area contributed by atoms with Crippen molar-refractivity contribution in [1.29, 1.82) is 0 Å². The zero-order valence-corrected chi connectivity index (χ0v) is 11.8. The van der Waals surface area contributed by atoms with E-state index >= 15 is 0 Å². The van der Waals surface area contributed by atoms with Crippen LogP contribution in [0.4, 0.5) is 0 Å². The lowest BCUT2D eigenvalue weighted by Crippen LogP contribution is -2.41. The molecule has 1 unspecified atom stereocenters. The van der Waals surface area contributed by atoms with Crippen LogP contribution in [0.1, 0.15) is 18.7 Å². The minimum atomic E-state index is -0.0873. The summed E-state index contributed by atoms with van der Waals surface area (Å²) in [6, 6.07) is 3.59. The van der Waals surface area contributed by atoms with Crippen LogP contribution in [0, 0.1) is 0 Å². The molecule has 1 fully saturated rings. The number of hydrogen-bond donors (Lipinski definition) is 1. The van der Waals surface area contributed by atoms with Crippen molar-refractivity contribution < 1.29 is 9.32 Å². The number of nitrogens with zero attached hydrogens (tertiary/aromatic N) is 4. The molecule has 0 saturated carbocycles. The Balaban J connectivity index is 1.65. The molecule has 21 heavy (non-hydrogen) atoms. The van der Waals surface area contributed by atoms with E-state index in [1.807, 2.05) is 12.1 Å². The summed E-state index contributed by atoms with van der Waals surface area (Å²) in [4.78, 5) is 22.1. The molecule has 1 N–H and O–H groups in total. The predicted molar refractivity (Wildman–Crippen MR) is 75.0 cm³/mol. The molecule has 0 aliphatic carbocycles. The molecule has 0 aromatic carbocycles. The van der Waals surface area contributed by atoms with E-state index in [-0.39, 0.29) is 11.9 Å². The fourth-order valence-electron chi connectivity index (χ4n) is 2.37. The van der Waals surface area contributed by atoms with E-state index < -0.39 is 0 Å². The van der Waals surface area contributed by atoms with Gasteiger partial charge in [-0.05, 0) is 31.5 Å². The monoisotopic (exact) mass is 287 g/mol. The molecule has 2 aromatic heterocycles. The van der Waals surface area contributed by atoms with Crippen molar-refractivity contribution in [3.8, 4) is 11.4 Å². The maximum absolute atomic E-state index is 12.2. The number of hydrogen-bond acceptors (Lipinski definition) is 6. The Hall–Kier alpha value is -2.28. The first kappa shape index (κ1) is 13.7. The molecule has 0 radical (unpaired) electrons. The van der Waals surface area contributed by atoms with E-state index in [0.717, 1.165) is 24.9 Å². The van der Waals surface area contributed by atoms with Gasteiger partial charge in [-0.1, -0.05) is 5.16 Å². The van der Waals surface area contributed by atoms with Crippen molar-refractivity contribution in [3.63, 3.8) is 0 Å². The molecule has 7 heteroatoms. The van der Waals surface area contributed by atoms with Crippen LogP contribution in [0.3, 0.4) is 0 Å². The van der Waals surface area contributed by atoms with E-state index in [1.165, 1.54) is 0 Å². The molecule has 1 aliphatic heterocycles. The van der Waals surface area contributed by atoms with Gasteiger partial charge >= 0.3 is 0 Å². The van der Waals surface area contributed by atoms with Crippen molar-refractivity contribution in [1.82, 2.24) is 25.3 Å². The molecule has 3 heterocycles. The third-order valence-electron chi connectivity index (χ3n) is 3.49. The van der Waals surface area contributed by atoms with Crippen molar-refractivity contribution in [2.24, 2.45) is 0 Å². The molecule has 1 amide bonds. The first-order valence-corrected chi connectivity index (χ1v) is 6.95. The summed E-state index contributed by atoms with van der Waals surface area (Å²) in [6.07, 6.45) is 5.28. The number of pyridine rings is 1. The first-order valence-electron chi connectivity index (χ1n) is 6.95. The van der Waals surface area contributed by atoms with Gasteiger partial charge in [0, 0.05) is 25.0 Å². The van der Waals surface area contributed by atoms with Crippen LogP contribution < -0.4 is 5.32 Å². The standard InChI is InChI=1S/C14H17N5O2/c1-19(14(20)11-5-3-7-16-11)9-12-17-13(18-21-12)10-4-2-6-15-8-10/h2,4,6,8,11,16H,3,5,7,9H2,1H3. The Morgan fingerprint density at radius 2 is 2.48 bits per heavy atom. The van der Waals surface area contributed by atoms with Gasteiger partial charge in [-0.15, -0.1) is 0 Å². The number of likely N-dealkylation sites (N-methyl/N-ethyl adjacent to an activating group) is 1. The van der Waals surface area contributed by atoms with E-state index in [4.69, 9.17) is 4.52 Å². The van der Waals surface area contributed by atoms with Crippen molar-refractivity contribution >= 4 is 5.91 Å². The fourth-order valence-corrected chi connectivity index (χ4v) is 2.37. The number of rotatable bonds is 4. The second-order valence-electron chi connectivity index (χ2n) is 5.10. The van der Waals surface area contributed by atoms with Gasteiger partial charge in [-0.2, -0.15) is 4.98 Å². The third-order valence-corrected chi connectivity index (χ3v) is 3.49. The Kier molecular flexibility index (Phi) is 3.92. The highest BCUT2D eigenvalue weighted by molar-refractivity contribution is 5.81. The van der Waals surface area contributed by atoms with Crippen LogP contribution in [0.5, 0.6) is 0 Å². The summed E-state index contributed by atoms with van der Waals surface area (Å²) < 4.78 is 5.20. The van der Waals surface area contributed by atoms with Crippen LogP contribution >= 0.6 is 0 Å². The number of nitrogens with one attached hydrogen (secondary N) is 1. The van der Waals surface area contributed by atoms with Crippen LogP contribution in [-0.4, -0.2) is 45.6 Å². The van der Waals surface area contributed by atoms with Gasteiger partial charge in [-0.25, -0.2) is 0 Å². The van der Waals surface area contributed by atoms with Crippen LogP contribution in [0.15, 0.2) is 29.0 Å². The lowest BCUT2D eigenvalue weighted by molar-refractivity contribution is -0.132. The van der Waals surface area contributed by atoms with Crippen molar-refractivity contribution in [3.05, 3.63) is 30.4 Å². The average Bonchev–Trinajstić information content (AvgIpc) is 3.19. The minimum Gasteiger partial charge on any atom is -0.337 e. The molecule has 110 valence electrons. The summed E-state index contributed by atoms with van der Waals surface area (Å²) in [5, 5.41) is 7.10. The largest absolute Gasteiger partial charge is 0.337 e. The molecule has 3 rings (SSSR count). The summed E-state index contributed by atoms with van der Waals surface area (Å²) in [6.45, 7) is 1.21. The zero-order chi connectivity index (χ0) is 14.7. The maximum Gasteiger partial charge on any atom is 0.246 e. The summed E-state index contributed by atoms with van der Waals surface area (Å²) in [5.41, 5.74) is 0.791. The third kappa shape index (κ3) is 3.08. The SMILES string of the molecule is CN(Cc1nc(-c2cccnc2)no1)C(=O)C1CCCN1. The molecule has 1 aliphatic rings. The van der Waals surface area contributed by atoms with Gasteiger partial charge in [0.05, 0.1) is 12.6 Å². The summed E-state index contributed by atoms with van der Waals surface area (Å²) in [7, 11) is 1.75. The molecule has 0 spiro atoms. The van der Waals surface area contributed by atoms with Gasteiger partial charge in [0.25, 0.3) is 0 Å². The molecule has 1 atom stereocenters. The van der Waals surface area contributed by atoms with E-state index in [9.17, 15) is 4.79 Å². The topological polar surface area (TPSA) is 84.2 Å². The summed E-state index contributed by atoms with van der Waals surface area (Å²) in [5.74, 6) is 0.967. The highest BCUT2D eigenvalue weighted by Crippen LogP contribution is 2.15. The Morgan fingerprint density at radius 1 is 1.57 bits per heavy atom. The molecule has 1 saturated heterocycles. The lowest BCUT2D eigenvalue weighted by atomic mass is 10.2. The van der Waals surface area contributed by atoms with E-state index in [2.05, 4.69) is 20.4 Å². The fraction of sp³-hybridized carbons (Fsp3) is 0.429. The van der Waals surface area contributed by atoms with Gasteiger partial charge in [0.1, 0.15) is 0 Å². The number of aromatic nitrogens is 3. The lowest BCUT2D eigenvalue weighted by Gasteiger charge is -2.19. The quantitative estimate of drug-likeness (QED) is 0.897. The van der Waals surface area contributed by atoms with E-state index in [1.54, 1.807) is 24.3 Å². The maximum atomic E-state index is 12.2. The molecular formula is C14H17N5O2. The predicted octanol–water partition coefficient (Wildman–Crippen LogP) is 0.842. The highest BCUT2D eigenvalue weighted by Gasteiger charge is 2.25. The van der Waals surface area contributed by atoms with Crippen molar-refractivity contribution in [2.45, 2.75) is 25.4 Å². The first-order chi connectivity index (χ1) is 10.2. The van der Waals surface area contributed by atoms with Gasteiger partial charge in [0.15, 0.2) is 0 Å². The zero-order valence-electron chi connectivity index (χ0n) is 11.8.